The Morgan fingerprint density at radius 2 is 1.49 bits per heavy atom. The number of H-pyrrole nitrogens is 1. The molecule has 1 aliphatic rings. The lowest BCUT2D eigenvalue weighted by molar-refractivity contribution is -0.117. The number of hydrogen-bond acceptors (Lipinski definition) is 11. The third-order valence-electron chi connectivity index (χ3n) is 8.33. The van der Waals surface area contributed by atoms with Crippen LogP contribution < -0.4 is 24.0 Å². The number of amides is 2. The van der Waals surface area contributed by atoms with Crippen LogP contribution in [0.4, 0.5) is 10.5 Å². The summed E-state index contributed by atoms with van der Waals surface area (Å²) in [6.45, 7) is 1.92. The minimum absolute atomic E-state index is 0.0892. The van der Waals surface area contributed by atoms with Gasteiger partial charge in [0.15, 0.2) is 0 Å². The van der Waals surface area contributed by atoms with Gasteiger partial charge < -0.3 is 29.5 Å². The van der Waals surface area contributed by atoms with Crippen LogP contribution in [0.5, 0.6) is 23.1 Å². The lowest BCUT2D eigenvalue weighted by Gasteiger charge is -2.22. The molecule has 11 nitrogen and oxygen atoms in total. The van der Waals surface area contributed by atoms with E-state index in [2.05, 4.69) is 4.98 Å². The lowest BCUT2D eigenvalue weighted by Crippen LogP contribution is -2.32. The molecule has 5 aromatic rings. The maximum Gasteiger partial charge on any atom is 0.307 e. The number of aromatic amines is 1. The number of carbonyl (C=O) groups is 2. The van der Waals surface area contributed by atoms with Crippen LogP contribution >= 0.6 is 23.1 Å². The molecule has 51 heavy (non-hydrogen) atoms. The van der Waals surface area contributed by atoms with Crippen molar-refractivity contribution in [3.8, 4) is 23.1 Å². The van der Waals surface area contributed by atoms with Gasteiger partial charge in [-0.1, -0.05) is 89.3 Å². The van der Waals surface area contributed by atoms with Crippen molar-refractivity contribution in [2.75, 3.05) is 25.2 Å². The first-order valence-corrected chi connectivity index (χ1v) is 17.8. The second-order valence-corrected chi connectivity index (χ2v) is 14.2. The highest BCUT2D eigenvalue weighted by Crippen LogP contribution is 2.41. The molecule has 0 saturated carbocycles. The van der Waals surface area contributed by atoms with Gasteiger partial charge in [0.05, 0.1) is 22.9 Å². The summed E-state index contributed by atoms with van der Waals surface area (Å²) < 4.78 is 17.2. The highest BCUT2D eigenvalue weighted by atomic mass is 32.2. The van der Waals surface area contributed by atoms with Crippen LogP contribution in [-0.2, 0) is 17.6 Å². The molecule has 2 heterocycles. The topological polar surface area (TPSA) is 159 Å². The van der Waals surface area contributed by atoms with E-state index in [1.165, 1.54) is 7.11 Å². The van der Waals surface area contributed by atoms with E-state index < -0.39 is 28.6 Å². The standard InChI is InChI=1S/C38H36N2O9S2/c1-22-5-3-6-25(17-22)30(41)20-48-26-15-11-24(12-16-26)19-33-36(44)40(38(46)51-33)29-8-4-7-28(34(29)47-2)31(42)21-49-27-13-9-23(10-14-27)18-32-35(43)39-37(45)50-32/h3-17,30-31,33,41-43H,18-21H2,1-2H3,(H,39,45). The van der Waals surface area contributed by atoms with Gasteiger partial charge in [0, 0.05) is 12.0 Å². The lowest BCUT2D eigenvalue weighted by atomic mass is 10.1. The summed E-state index contributed by atoms with van der Waals surface area (Å²) in [6.07, 6.45) is -1.24. The molecule has 13 heteroatoms. The highest BCUT2D eigenvalue weighted by Gasteiger charge is 2.42. The number of aromatic hydroxyl groups is 1. The number of rotatable bonds is 14. The van der Waals surface area contributed by atoms with Gasteiger partial charge in [-0.05, 0) is 60.4 Å². The predicted octanol–water partition coefficient (Wildman–Crippen LogP) is 6.09. The zero-order chi connectivity index (χ0) is 36.1. The minimum atomic E-state index is -1.15. The van der Waals surface area contributed by atoms with Crippen LogP contribution in [-0.4, -0.2) is 57.0 Å². The Morgan fingerprint density at radius 3 is 2.12 bits per heavy atom. The number of aliphatic hydroxyl groups excluding tert-OH is 2. The van der Waals surface area contributed by atoms with Gasteiger partial charge in [-0.15, -0.1) is 0 Å². The Hall–Kier alpha value is -5.08. The number of thioether (sulfide) groups is 1. The second-order valence-electron chi connectivity index (χ2n) is 12.0. The van der Waals surface area contributed by atoms with Crippen molar-refractivity contribution in [3.63, 3.8) is 0 Å². The van der Waals surface area contributed by atoms with Crippen molar-refractivity contribution in [1.29, 1.82) is 0 Å². The molecule has 264 valence electrons. The smallest absolute Gasteiger partial charge is 0.307 e. The Labute approximate surface area is 302 Å². The van der Waals surface area contributed by atoms with Crippen molar-refractivity contribution < 1.29 is 39.1 Å². The maximum atomic E-state index is 13.6. The van der Waals surface area contributed by atoms with Gasteiger partial charge in [0.1, 0.15) is 42.7 Å². The van der Waals surface area contributed by atoms with Gasteiger partial charge in [-0.2, -0.15) is 0 Å². The summed E-state index contributed by atoms with van der Waals surface area (Å²) in [5.41, 5.74) is 4.10. The minimum Gasteiger partial charge on any atom is -0.494 e. The summed E-state index contributed by atoms with van der Waals surface area (Å²) >= 11 is 1.88. The normalized spacial score (nSPS) is 15.5. The molecule has 0 bridgehead atoms. The van der Waals surface area contributed by atoms with E-state index in [4.69, 9.17) is 14.2 Å². The van der Waals surface area contributed by atoms with E-state index in [9.17, 15) is 29.7 Å². The van der Waals surface area contributed by atoms with Crippen molar-refractivity contribution in [2.24, 2.45) is 0 Å². The number of aryl methyl sites for hydroxylation is 1. The number of aromatic nitrogens is 1. The highest BCUT2D eigenvalue weighted by molar-refractivity contribution is 8.15. The molecule has 0 aliphatic carbocycles. The fourth-order valence-corrected chi connectivity index (χ4v) is 7.50. The molecule has 1 fully saturated rings. The fourth-order valence-electron chi connectivity index (χ4n) is 5.72. The molecule has 3 atom stereocenters. The largest absolute Gasteiger partial charge is 0.494 e. The molecule has 2 amide bonds. The monoisotopic (exact) mass is 728 g/mol. The van der Waals surface area contributed by atoms with E-state index in [1.807, 2.05) is 43.3 Å². The molecule has 1 aromatic heterocycles. The molecule has 4 N–H and O–H groups in total. The van der Waals surface area contributed by atoms with E-state index in [1.54, 1.807) is 54.6 Å². The van der Waals surface area contributed by atoms with Crippen LogP contribution in [0.1, 0.15) is 44.9 Å². The van der Waals surface area contributed by atoms with Crippen molar-refractivity contribution in [2.45, 2.75) is 37.2 Å². The number of methoxy groups -OCH3 is 1. The average molecular weight is 729 g/mol. The summed E-state index contributed by atoms with van der Waals surface area (Å²) in [4.78, 5) is 41.9. The van der Waals surface area contributed by atoms with E-state index in [0.717, 1.165) is 50.3 Å². The van der Waals surface area contributed by atoms with Crippen LogP contribution in [0.25, 0.3) is 0 Å². The number of aliphatic hydroxyl groups is 2. The fraction of sp³-hybridized carbons (Fsp3) is 0.237. The third-order valence-corrected chi connectivity index (χ3v) is 10.2. The number of carbonyl (C=O) groups excluding carboxylic acids is 2. The number of para-hydroxylation sites is 1. The van der Waals surface area contributed by atoms with Gasteiger partial charge in [0.2, 0.25) is 11.8 Å². The number of nitrogens with zero attached hydrogens (tertiary/aromatic N) is 1. The number of anilines is 1. The van der Waals surface area contributed by atoms with Crippen molar-refractivity contribution in [3.05, 3.63) is 133 Å². The molecule has 3 unspecified atom stereocenters. The Kier molecular flexibility index (Phi) is 11.1. The number of hydrogen-bond donors (Lipinski definition) is 4. The van der Waals surface area contributed by atoms with Crippen LogP contribution in [0.2, 0.25) is 0 Å². The second kappa shape index (κ2) is 15.9. The molecule has 0 spiro atoms. The zero-order valence-electron chi connectivity index (χ0n) is 27.8. The predicted molar refractivity (Wildman–Crippen MR) is 195 cm³/mol. The number of ether oxygens (including phenoxy) is 3. The van der Waals surface area contributed by atoms with E-state index in [0.29, 0.717) is 34.8 Å². The average Bonchev–Trinajstić information content (AvgIpc) is 3.60. The van der Waals surface area contributed by atoms with Gasteiger partial charge in [-0.25, -0.2) is 4.90 Å². The first kappa shape index (κ1) is 35.7. The van der Waals surface area contributed by atoms with Crippen molar-refractivity contribution in [1.82, 2.24) is 4.98 Å². The Bertz CT molecular complexity index is 2060. The molecular formula is C38H36N2O9S2. The molecule has 1 aliphatic heterocycles. The van der Waals surface area contributed by atoms with Gasteiger partial charge in [0.25, 0.3) is 5.24 Å². The SMILES string of the molecule is COc1c(C(O)COc2ccc(Cc3sc(=O)[nH]c3O)cc2)cccc1N1C(=O)SC(Cc2ccc(OCC(O)c3cccc(C)c3)cc2)C1=O. The number of benzene rings is 4. The Balaban J connectivity index is 1.06. The molecule has 1 saturated heterocycles. The van der Waals surface area contributed by atoms with E-state index in [-0.39, 0.29) is 35.4 Å². The third kappa shape index (κ3) is 8.46. The first-order valence-electron chi connectivity index (χ1n) is 16.1. The number of nitrogens with one attached hydrogen (secondary N) is 1. The van der Waals surface area contributed by atoms with Gasteiger partial charge >= 0.3 is 4.87 Å². The molecule has 0 radical (unpaired) electrons. The summed E-state index contributed by atoms with van der Waals surface area (Å²) in [5, 5.41) is 30.3. The van der Waals surface area contributed by atoms with Crippen LogP contribution in [0.3, 0.4) is 0 Å². The quantitative estimate of drug-likeness (QED) is 0.106. The Morgan fingerprint density at radius 1 is 0.843 bits per heavy atom. The van der Waals surface area contributed by atoms with Crippen LogP contribution in [0.15, 0.2) is 95.8 Å². The van der Waals surface area contributed by atoms with E-state index >= 15 is 0 Å². The zero-order valence-corrected chi connectivity index (χ0v) is 29.4. The molecule has 6 rings (SSSR count). The summed E-state index contributed by atoms with van der Waals surface area (Å²) in [5.74, 6) is 0.714. The van der Waals surface area contributed by atoms with Crippen molar-refractivity contribution >= 4 is 39.9 Å². The number of thiazole rings is 1. The van der Waals surface area contributed by atoms with Crippen LogP contribution in [0, 0.1) is 6.92 Å². The molecule has 4 aromatic carbocycles. The number of imide groups is 1. The van der Waals surface area contributed by atoms with Gasteiger partial charge in [-0.3, -0.25) is 19.4 Å². The summed E-state index contributed by atoms with van der Waals surface area (Å²) in [6, 6.07) is 26.7. The molecular weight excluding hydrogens is 693 g/mol. The first-order chi connectivity index (χ1) is 24.6. The summed E-state index contributed by atoms with van der Waals surface area (Å²) in [7, 11) is 1.41. The maximum absolute atomic E-state index is 13.6.